The van der Waals surface area contributed by atoms with Crippen LogP contribution in [0.2, 0.25) is 15.2 Å². The third-order valence-corrected chi connectivity index (χ3v) is 5.27. The van der Waals surface area contributed by atoms with Crippen molar-refractivity contribution in [3.8, 4) is 0 Å². The summed E-state index contributed by atoms with van der Waals surface area (Å²) in [6.45, 7) is 2.58. The minimum atomic E-state index is -0.0616. The molecule has 136 valence electrons. The molecule has 1 aromatic heterocycles. The molecule has 0 bridgehead atoms. The summed E-state index contributed by atoms with van der Waals surface area (Å²) in [5.74, 6) is 2.06. The maximum absolute atomic E-state index is 12.7. The molecule has 1 amide bonds. The van der Waals surface area contributed by atoms with Crippen LogP contribution in [0.15, 0.2) is 24.3 Å². The number of anilines is 1. The fourth-order valence-corrected chi connectivity index (χ4v) is 3.82. The molecule has 0 unspecified atom stereocenters. The Balaban J connectivity index is 1.45. The van der Waals surface area contributed by atoms with Crippen molar-refractivity contribution in [1.29, 1.82) is 0 Å². The van der Waals surface area contributed by atoms with Crippen molar-refractivity contribution in [1.82, 2.24) is 14.9 Å². The Morgan fingerprint density at radius 1 is 0.923 bits per heavy atom. The summed E-state index contributed by atoms with van der Waals surface area (Å²) in [7, 11) is 0. The molecule has 2 aromatic rings. The highest BCUT2D eigenvalue weighted by Gasteiger charge is 2.29. The van der Waals surface area contributed by atoms with E-state index in [0.29, 0.717) is 52.9 Å². The van der Waals surface area contributed by atoms with Crippen molar-refractivity contribution in [3.63, 3.8) is 0 Å². The van der Waals surface area contributed by atoms with E-state index in [-0.39, 0.29) is 5.91 Å². The molecule has 1 saturated heterocycles. The predicted octanol–water partition coefficient (Wildman–Crippen LogP) is 4.28. The van der Waals surface area contributed by atoms with E-state index in [0.717, 1.165) is 24.5 Å². The van der Waals surface area contributed by atoms with E-state index in [4.69, 9.17) is 34.8 Å². The minimum Gasteiger partial charge on any atom is -0.353 e. The van der Waals surface area contributed by atoms with Gasteiger partial charge >= 0.3 is 0 Å². The fourth-order valence-electron chi connectivity index (χ4n) is 3.11. The quantitative estimate of drug-likeness (QED) is 0.708. The molecule has 1 aromatic carbocycles. The Hall–Kier alpha value is -1.56. The molecule has 1 aliphatic carbocycles. The van der Waals surface area contributed by atoms with Crippen LogP contribution in [0.25, 0.3) is 0 Å². The Kier molecular flexibility index (Phi) is 4.95. The highest BCUT2D eigenvalue weighted by atomic mass is 35.5. The Labute approximate surface area is 166 Å². The molecule has 5 nitrogen and oxygen atoms in total. The Morgan fingerprint density at radius 2 is 1.58 bits per heavy atom. The van der Waals surface area contributed by atoms with Crippen molar-refractivity contribution in [2.45, 2.75) is 18.8 Å². The average Bonchev–Trinajstić information content (AvgIpc) is 3.45. The number of amides is 1. The lowest BCUT2D eigenvalue weighted by molar-refractivity contribution is 0.0746. The van der Waals surface area contributed by atoms with Crippen LogP contribution >= 0.6 is 34.8 Å². The van der Waals surface area contributed by atoms with E-state index in [1.54, 1.807) is 24.3 Å². The zero-order chi connectivity index (χ0) is 18.3. The van der Waals surface area contributed by atoms with E-state index in [1.165, 1.54) is 0 Å². The predicted molar refractivity (Wildman–Crippen MR) is 104 cm³/mol. The SMILES string of the molecule is O=C(c1cc(Cl)cc(Cl)c1)N1CCN(c2cc(Cl)nc(C3CC3)n2)CC1. The standard InChI is InChI=1S/C18H17Cl3N4O/c19-13-7-12(8-14(20)9-13)18(26)25-5-3-24(4-6-25)16-10-15(21)22-17(23-16)11-1-2-11/h7-11H,1-6H2. The number of halogens is 3. The number of hydrogen-bond donors (Lipinski definition) is 0. The van der Waals surface area contributed by atoms with Crippen molar-refractivity contribution >= 4 is 46.5 Å². The number of piperazine rings is 1. The second-order valence-electron chi connectivity index (χ2n) is 6.62. The number of nitrogens with zero attached hydrogens (tertiary/aromatic N) is 4. The van der Waals surface area contributed by atoms with Crippen LogP contribution in [0.1, 0.15) is 34.9 Å². The van der Waals surface area contributed by atoms with Crippen LogP contribution in [0.4, 0.5) is 5.82 Å². The molecular formula is C18H17Cl3N4O. The molecule has 2 fully saturated rings. The van der Waals surface area contributed by atoms with Gasteiger partial charge in [-0.2, -0.15) is 0 Å². The fraction of sp³-hybridized carbons (Fsp3) is 0.389. The van der Waals surface area contributed by atoms with Crippen LogP contribution in [0, 0.1) is 0 Å². The van der Waals surface area contributed by atoms with Crippen molar-refractivity contribution in [3.05, 3.63) is 50.9 Å². The topological polar surface area (TPSA) is 49.3 Å². The molecule has 26 heavy (non-hydrogen) atoms. The van der Waals surface area contributed by atoms with Crippen LogP contribution in [0.5, 0.6) is 0 Å². The lowest BCUT2D eigenvalue weighted by Crippen LogP contribution is -2.49. The van der Waals surface area contributed by atoms with Gasteiger partial charge in [0.05, 0.1) is 0 Å². The number of carbonyl (C=O) groups excluding carboxylic acids is 1. The average molecular weight is 412 g/mol. The van der Waals surface area contributed by atoms with E-state index in [2.05, 4.69) is 14.9 Å². The van der Waals surface area contributed by atoms with Gasteiger partial charge in [-0.25, -0.2) is 9.97 Å². The van der Waals surface area contributed by atoms with Gasteiger partial charge < -0.3 is 9.80 Å². The number of benzene rings is 1. The maximum Gasteiger partial charge on any atom is 0.254 e. The van der Waals surface area contributed by atoms with Crippen LogP contribution < -0.4 is 4.90 Å². The second-order valence-corrected chi connectivity index (χ2v) is 7.88. The van der Waals surface area contributed by atoms with Crippen molar-refractivity contribution in [2.24, 2.45) is 0 Å². The monoisotopic (exact) mass is 410 g/mol. The number of carbonyl (C=O) groups is 1. The largest absolute Gasteiger partial charge is 0.353 e. The van der Waals surface area contributed by atoms with Gasteiger partial charge in [0.1, 0.15) is 16.8 Å². The molecule has 4 rings (SSSR count). The van der Waals surface area contributed by atoms with E-state index >= 15 is 0 Å². The Morgan fingerprint density at radius 3 is 2.19 bits per heavy atom. The molecule has 2 heterocycles. The maximum atomic E-state index is 12.7. The highest BCUT2D eigenvalue weighted by molar-refractivity contribution is 6.35. The van der Waals surface area contributed by atoms with Crippen molar-refractivity contribution in [2.75, 3.05) is 31.1 Å². The summed E-state index contributed by atoms with van der Waals surface area (Å²) in [6, 6.07) is 6.71. The summed E-state index contributed by atoms with van der Waals surface area (Å²) in [5, 5.41) is 1.40. The summed E-state index contributed by atoms with van der Waals surface area (Å²) in [4.78, 5) is 25.6. The van der Waals surface area contributed by atoms with Crippen LogP contribution in [-0.4, -0.2) is 47.0 Å². The van der Waals surface area contributed by atoms with E-state index in [9.17, 15) is 4.79 Å². The molecule has 0 N–H and O–H groups in total. The van der Waals surface area contributed by atoms with Gasteiger partial charge in [0.25, 0.3) is 5.91 Å². The van der Waals surface area contributed by atoms with Gasteiger partial charge in [0, 0.05) is 53.8 Å². The Bertz CT molecular complexity index is 828. The normalized spacial score (nSPS) is 17.5. The minimum absolute atomic E-state index is 0.0616. The molecule has 0 atom stereocenters. The summed E-state index contributed by atoms with van der Waals surface area (Å²) in [5.41, 5.74) is 0.511. The molecule has 8 heteroatoms. The first kappa shape index (κ1) is 17.8. The molecule has 2 aliphatic rings. The van der Waals surface area contributed by atoms with Crippen molar-refractivity contribution < 1.29 is 4.79 Å². The molecule has 1 aliphatic heterocycles. The zero-order valence-corrected chi connectivity index (χ0v) is 16.2. The first-order valence-corrected chi connectivity index (χ1v) is 9.68. The van der Waals surface area contributed by atoms with Gasteiger partial charge in [0.15, 0.2) is 0 Å². The molecule has 0 radical (unpaired) electrons. The molecular weight excluding hydrogens is 395 g/mol. The summed E-state index contributed by atoms with van der Waals surface area (Å²) < 4.78 is 0. The molecule has 0 spiro atoms. The number of aromatic nitrogens is 2. The van der Waals surface area contributed by atoms with Gasteiger partial charge in [-0.3, -0.25) is 4.79 Å². The van der Waals surface area contributed by atoms with Crippen LogP contribution in [-0.2, 0) is 0 Å². The van der Waals surface area contributed by atoms with E-state index < -0.39 is 0 Å². The third-order valence-electron chi connectivity index (χ3n) is 4.64. The van der Waals surface area contributed by atoms with Gasteiger partial charge in [-0.05, 0) is 31.0 Å². The zero-order valence-electron chi connectivity index (χ0n) is 14.0. The second kappa shape index (κ2) is 7.22. The van der Waals surface area contributed by atoms with Gasteiger partial charge in [-0.15, -0.1) is 0 Å². The highest BCUT2D eigenvalue weighted by Crippen LogP contribution is 2.39. The first-order valence-electron chi connectivity index (χ1n) is 8.54. The summed E-state index contributed by atoms with van der Waals surface area (Å²) in [6.07, 6.45) is 2.26. The van der Waals surface area contributed by atoms with Gasteiger partial charge in [-0.1, -0.05) is 34.8 Å². The first-order chi connectivity index (χ1) is 12.5. The smallest absolute Gasteiger partial charge is 0.254 e. The lowest BCUT2D eigenvalue weighted by Gasteiger charge is -2.35. The third kappa shape index (κ3) is 3.90. The lowest BCUT2D eigenvalue weighted by atomic mass is 10.2. The number of rotatable bonds is 3. The number of hydrogen-bond acceptors (Lipinski definition) is 4. The van der Waals surface area contributed by atoms with Crippen LogP contribution in [0.3, 0.4) is 0 Å². The van der Waals surface area contributed by atoms with E-state index in [1.807, 2.05) is 4.90 Å². The summed E-state index contributed by atoms with van der Waals surface area (Å²) >= 11 is 18.2. The van der Waals surface area contributed by atoms with Gasteiger partial charge in [0.2, 0.25) is 0 Å². The molecule has 1 saturated carbocycles.